The Morgan fingerprint density at radius 3 is 2.39 bits per heavy atom. The molecule has 0 N–H and O–H groups in total. The molecule has 0 heterocycles. The van der Waals surface area contributed by atoms with Crippen molar-refractivity contribution >= 4 is 22.9 Å². The van der Waals surface area contributed by atoms with Gasteiger partial charge in [0, 0.05) is 17.9 Å². The van der Waals surface area contributed by atoms with E-state index in [4.69, 9.17) is 4.74 Å². The van der Waals surface area contributed by atoms with Crippen LogP contribution in [0.2, 0.25) is 0 Å². The van der Waals surface area contributed by atoms with E-state index in [-0.39, 0.29) is 11.4 Å². The summed E-state index contributed by atoms with van der Waals surface area (Å²) in [6.07, 6.45) is 4.54. The summed E-state index contributed by atoms with van der Waals surface area (Å²) in [7, 11) is 0. The Balaban J connectivity index is 2.06. The van der Waals surface area contributed by atoms with Crippen molar-refractivity contribution in [3.63, 3.8) is 0 Å². The zero-order valence-electron chi connectivity index (χ0n) is 20.2. The van der Waals surface area contributed by atoms with Gasteiger partial charge in [-0.1, -0.05) is 40.7 Å². The third kappa shape index (κ3) is 4.71. The number of allylic oxidation sites excluding steroid dienone is 2. The van der Waals surface area contributed by atoms with Crippen molar-refractivity contribution in [1.29, 1.82) is 0 Å². The van der Waals surface area contributed by atoms with Crippen LogP contribution in [0.5, 0.6) is 0 Å². The number of benzene rings is 2. The lowest BCUT2D eigenvalue weighted by Crippen LogP contribution is -2.25. The fraction of sp³-hybridized carbons (Fsp3) is 0.464. The molecule has 3 rings (SSSR count). The molecule has 3 heteroatoms. The van der Waals surface area contributed by atoms with Crippen LogP contribution < -0.4 is 4.90 Å². The van der Waals surface area contributed by atoms with Gasteiger partial charge in [0.2, 0.25) is 0 Å². The lowest BCUT2D eigenvalue weighted by molar-refractivity contribution is 0.0526. The maximum absolute atomic E-state index is 12.1. The van der Waals surface area contributed by atoms with Gasteiger partial charge in [-0.2, -0.15) is 0 Å². The molecule has 0 aliphatic heterocycles. The van der Waals surface area contributed by atoms with Gasteiger partial charge in [-0.25, -0.2) is 4.79 Å². The second-order valence-corrected chi connectivity index (χ2v) is 9.51. The molecule has 0 saturated heterocycles. The summed E-state index contributed by atoms with van der Waals surface area (Å²) in [5.74, 6) is 0.248. The van der Waals surface area contributed by atoms with Crippen molar-refractivity contribution in [2.75, 3.05) is 18.1 Å². The first-order chi connectivity index (χ1) is 14.7. The summed E-state index contributed by atoms with van der Waals surface area (Å²) < 4.78 is 5.14. The van der Waals surface area contributed by atoms with Crippen LogP contribution in [0.15, 0.2) is 42.5 Å². The summed E-state index contributed by atoms with van der Waals surface area (Å²) in [6.45, 7) is 16.8. The summed E-state index contributed by atoms with van der Waals surface area (Å²) in [5, 5.41) is 0. The first-order valence-electron chi connectivity index (χ1n) is 11.6. The van der Waals surface area contributed by atoms with Gasteiger partial charge >= 0.3 is 5.97 Å². The highest BCUT2D eigenvalue weighted by Crippen LogP contribution is 2.44. The molecule has 0 radical (unpaired) electrons. The number of hydrogen-bond donors (Lipinski definition) is 0. The number of carbonyl (C=O) groups is 1. The lowest BCUT2D eigenvalue weighted by Gasteiger charge is -2.36. The van der Waals surface area contributed by atoms with Gasteiger partial charge in [-0.05, 0) is 96.7 Å². The highest BCUT2D eigenvalue weighted by atomic mass is 16.5. The number of esters is 1. The van der Waals surface area contributed by atoms with E-state index >= 15 is 0 Å². The highest BCUT2D eigenvalue weighted by molar-refractivity contribution is 5.90. The summed E-state index contributed by atoms with van der Waals surface area (Å²) in [5.41, 5.74) is 8.65. The molecule has 3 nitrogen and oxygen atoms in total. The molecule has 0 saturated carbocycles. The van der Waals surface area contributed by atoms with Crippen molar-refractivity contribution in [2.45, 2.75) is 66.7 Å². The number of aryl methyl sites for hydroxylation is 1. The second-order valence-electron chi connectivity index (χ2n) is 9.51. The first-order valence-corrected chi connectivity index (χ1v) is 11.6. The van der Waals surface area contributed by atoms with Crippen LogP contribution in [0.25, 0.3) is 5.57 Å². The Morgan fingerprint density at radius 2 is 1.81 bits per heavy atom. The van der Waals surface area contributed by atoms with Gasteiger partial charge in [0.05, 0.1) is 12.2 Å². The summed E-state index contributed by atoms with van der Waals surface area (Å²) in [4.78, 5) is 14.4. The van der Waals surface area contributed by atoms with Crippen molar-refractivity contribution in [3.05, 3.63) is 64.7 Å². The van der Waals surface area contributed by atoms with Gasteiger partial charge in [0.15, 0.2) is 0 Å². The fourth-order valence-electron chi connectivity index (χ4n) is 4.52. The van der Waals surface area contributed by atoms with Crippen molar-refractivity contribution < 1.29 is 9.53 Å². The average molecular weight is 420 g/mol. The quantitative estimate of drug-likeness (QED) is 0.437. The van der Waals surface area contributed by atoms with Crippen LogP contribution in [-0.2, 0) is 10.2 Å². The highest BCUT2D eigenvalue weighted by Gasteiger charge is 2.30. The molecule has 0 spiro atoms. The SMILES string of the molecule is CCCN(c1ccc(C(=O)OCC)cc1)c1cc2c(cc1C)C(C(C)C)=CCC2(C)C. The number of hydrogen-bond acceptors (Lipinski definition) is 3. The molecule has 31 heavy (non-hydrogen) atoms. The Hall–Kier alpha value is -2.55. The standard InChI is InChI=1S/C28H37NO2/c1-8-16-29(22-12-10-21(11-13-22)27(30)31-9-2)26-18-25-24(17-20(26)5)23(19(3)4)14-15-28(25,6)7/h10-14,17-19H,8-9,15-16H2,1-7H3. The van der Waals surface area contributed by atoms with Crippen molar-refractivity contribution in [1.82, 2.24) is 0 Å². The predicted octanol–water partition coefficient (Wildman–Crippen LogP) is 7.44. The van der Waals surface area contributed by atoms with Crippen molar-refractivity contribution in [2.24, 2.45) is 5.92 Å². The van der Waals surface area contributed by atoms with Gasteiger partial charge < -0.3 is 9.64 Å². The Labute approximate surface area is 188 Å². The lowest BCUT2D eigenvalue weighted by atomic mass is 9.71. The monoisotopic (exact) mass is 419 g/mol. The molecular formula is C28H37NO2. The smallest absolute Gasteiger partial charge is 0.338 e. The number of rotatable bonds is 7. The molecule has 0 bridgehead atoms. The normalized spacial score (nSPS) is 14.8. The van der Waals surface area contributed by atoms with Crippen molar-refractivity contribution in [3.8, 4) is 0 Å². The zero-order chi connectivity index (χ0) is 22.8. The molecule has 1 aliphatic rings. The molecule has 166 valence electrons. The zero-order valence-corrected chi connectivity index (χ0v) is 20.2. The van der Waals surface area contributed by atoms with Crippen LogP contribution in [0.1, 0.15) is 81.4 Å². The van der Waals surface area contributed by atoms with Gasteiger partial charge in [0.25, 0.3) is 0 Å². The minimum absolute atomic E-state index is 0.113. The van der Waals surface area contributed by atoms with Crippen LogP contribution >= 0.6 is 0 Å². The molecule has 0 unspecified atom stereocenters. The van der Waals surface area contributed by atoms with E-state index in [0.717, 1.165) is 25.1 Å². The Bertz CT molecular complexity index is 967. The third-order valence-corrected chi connectivity index (χ3v) is 6.26. The largest absolute Gasteiger partial charge is 0.462 e. The third-order valence-electron chi connectivity index (χ3n) is 6.26. The maximum Gasteiger partial charge on any atom is 0.338 e. The van der Waals surface area contributed by atoms with E-state index in [2.05, 4.69) is 64.7 Å². The Morgan fingerprint density at radius 1 is 1.13 bits per heavy atom. The molecule has 0 atom stereocenters. The topological polar surface area (TPSA) is 29.5 Å². The van der Waals surface area contributed by atoms with Crippen LogP contribution in [-0.4, -0.2) is 19.1 Å². The molecule has 0 aromatic heterocycles. The molecule has 2 aromatic carbocycles. The maximum atomic E-state index is 12.1. The fourth-order valence-corrected chi connectivity index (χ4v) is 4.52. The van der Waals surface area contributed by atoms with Gasteiger partial charge in [-0.15, -0.1) is 0 Å². The number of carbonyl (C=O) groups excluding carboxylic acids is 1. The van der Waals surface area contributed by atoms with E-state index in [1.165, 1.54) is 28.0 Å². The van der Waals surface area contributed by atoms with E-state index in [0.29, 0.717) is 18.1 Å². The second kappa shape index (κ2) is 9.30. The number of nitrogens with zero attached hydrogens (tertiary/aromatic N) is 1. The van der Waals surface area contributed by atoms with E-state index in [1.54, 1.807) is 0 Å². The summed E-state index contributed by atoms with van der Waals surface area (Å²) >= 11 is 0. The van der Waals surface area contributed by atoms with E-state index in [9.17, 15) is 4.79 Å². The van der Waals surface area contributed by atoms with Gasteiger partial charge in [-0.3, -0.25) is 0 Å². The molecule has 0 amide bonds. The molecule has 2 aromatic rings. The molecule has 1 aliphatic carbocycles. The predicted molar refractivity (Wildman–Crippen MR) is 131 cm³/mol. The molecular weight excluding hydrogens is 382 g/mol. The first kappa shape index (κ1) is 23.1. The number of ether oxygens (including phenoxy) is 1. The van der Waals surface area contributed by atoms with Crippen LogP contribution in [0.4, 0.5) is 11.4 Å². The average Bonchev–Trinajstić information content (AvgIpc) is 2.72. The summed E-state index contributed by atoms with van der Waals surface area (Å²) in [6, 6.07) is 12.6. The van der Waals surface area contributed by atoms with E-state index in [1.807, 2.05) is 31.2 Å². The minimum atomic E-state index is -0.268. The minimum Gasteiger partial charge on any atom is -0.462 e. The Kier molecular flexibility index (Phi) is 6.93. The van der Waals surface area contributed by atoms with Crippen LogP contribution in [0.3, 0.4) is 0 Å². The number of fused-ring (bicyclic) bond motifs is 1. The van der Waals surface area contributed by atoms with Crippen LogP contribution in [0, 0.1) is 12.8 Å². The number of anilines is 2. The van der Waals surface area contributed by atoms with Gasteiger partial charge in [0.1, 0.15) is 0 Å². The van der Waals surface area contributed by atoms with E-state index < -0.39 is 0 Å². The molecule has 0 fully saturated rings.